The van der Waals surface area contributed by atoms with Gasteiger partial charge in [-0.05, 0) is 62.0 Å². The highest BCUT2D eigenvalue weighted by Gasteiger charge is 2.46. The van der Waals surface area contributed by atoms with E-state index in [-0.39, 0.29) is 18.6 Å². The average molecular weight is 429 g/mol. The van der Waals surface area contributed by atoms with Crippen LogP contribution in [0.25, 0.3) is 0 Å². The van der Waals surface area contributed by atoms with Crippen LogP contribution in [0.5, 0.6) is 5.75 Å². The molecule has 2 saturated carbocycles. The zero-order chi connectivity index (χ0) is 20.7. The molecule has 2 N–H and O–H groups in total. The van der Waals surface area contributed by atoms with Gasteiger partial charge in [0, 0.05) is 42.6 Å². The normalized spacial score (nSPS) is 30.8. The summed E-state index contributed by atoms with van der Waals surface area (Å²) in [7, 11) is 2.15. The van der Waals surface area contributed by atoms with E-state index in [0.29, 0.717) is 24.4 Å². The molecule has 0 bridgehead atoms. The molecular formula is C24H32N2O3S. The van der Waals surface area contributed by atoms with E-state index in [0.717, 1.165) is 55.1 Å². The number of fused-ring (bicyclic) bond motifs is 2. The number of aryl methyl sites for hydroxylation is 1. The van der Waals surface area contributed by atoms with Crippen LogP contribution in [0.15, 0.2) is 23.6 Å². The van der Waals surface area contributed by atoms with Crippen LogP contribution in [-0.4, -0.2) is 41.5 Å². The first-order chi connectivity index (χ1) is 14.6. The Labute approximate surface area is 182 Å². The fourth-order valence-electron chi connectivity index (χ4n) is 5.95. The van der Waals surface area contributed by atoms with Crippen molar-refractivity contribution in [1.29, 1.82) is 0 Å². The summed E-state index contributed by atoms with van der Waals surface area (Å²) in [6, 6.07) is 6.47. The third-order valence-electron chi connectivity index (χ3n) is 7.56. The second kappa shape index (κ2) is 8.48. The highest BCUT2D eigenvalue weighted by Crippen LogP contribution is 2.50. The topological polar surface area (TPSA) is 65.8 Å². The van der Waals surface area contributed by atoms with Gasteiger partial charge in [-0.2, -0.15) is 0 Å². The highest BCUT2D eigenvalue weighted by molar-refractivity contribution is 7.09. The van der Waals surface area contributed by atoms with Crippen LogP contribution in [0.4, 0.5) is 5.69 Å². The van der Waals surface area contributed by atoms with Crippen molar-refractivity contribution in [3.63, 3.8) is 0 Å². The molecule has 0 radical (unpaired) electrons. The molecule has 2 aromatic rings. The average Bonchev–Trinajstić information content (AvgIpc) is 3.36. The number of aliphatic hydroxyl groups excluding tert-OH is 2. The van der Waals surface area contributed by atoms with Crippen LogP contribution >= 0.6 is 11.3 Å². The molecule has 2 heterocycles. The second-order valence-corrected chi connectivity index (χ2v) is 10.3. The number of aromatic nitrogens is 1. The molecule has 1 aromatic heterocycles. The number of benzene rings is 1. The number of thiazole rings is 1. The monoisotopic (exact) mass is 428 g/mol. The Hall–Kier alpha value is -1.63. The van der Waals surface area contributed by atoms with Gasteiger partial charge in [-0.3, -0.25) is 0 Å². The van der Waals surface area contributed by atoms with Crippen molar-refractivity contribution < 1.29 is 14.9 Å². The van der Waals surface area contributed by atoms with Gasteiger partial charge in [-0.25, -0.2) is 4.98 Å². The van der Waals surface area contributed by atoms with Gasteiger partial charge in [0.25, 0.3) is 0 Å². The van der Waals surface area contributed by atoms with E-state index in [1.807, 2.05) is 5.38 Å². The van der Waals surface area contributed by atoms with Crippen LogP contribution in [0.2, 0.25) is 0 Å². The van der Waals surface area contributed by atoms with Crippen molar-refractivity contribution in [2.45, 2.75) is 57.2 Å². The molecular weight excluding hydrogens is 396 g/mol. The van der Waals surface area contributed by atoms with Crippen LogP contribution in [-0.2, 0) is 13.0 Å². The molecule has 1 aromatic carbocycles. The molecule has 0 amide bonds. The van der Waals surface area contributed by atoms with Gasteiger partial charge in [0.15, 0.2) is 0 Å². The van der Waals surface area contributed by atoms with Gasteiger partial charge in [-0.1, -0.05) is 6.07 Å². The van der Waals surface area contributed by atoms with E-state index in [1.165, 1.54) is 17.7 Å². The van der Waals surface area contributed by atoms with Crippen molar-refractivity contribution in [2.75, 3.05) is 25.1 Å². The SMILES string of the molecule is CN1CCCc2ccc(OC[C@@H]3[C@H]4CC[C@H](c5nc(CO)cs5)C[C@H]4C[C@@H]3O)cc21. The summed E-state index contributed by atoms with van der Waals surface area (Å²) in [5, 5.41) is 23.2. The quantitative estimate of drug-likeness (QED) is 0.754. The number of hydrogen-bond donors (Lipinski definition) is 2. The predicted octanol–water partition coefficient (Wildman–Crippen LogP) is 3.98. The van der Waals surface area contributed by atoms with Gasteiger partial charge in [0.2, 0.25) is 0 Å². The Morgan fingerprint density at radius 1 is 1.27 bits per heavy atom. The number of rotatable bonds is 5. The Balaban J connectivity index is 1.22. The van der Waals surface area contributed by atoms with Crippen molar-refractivity contribution in [3.05, 3.63) is 39.8 Å². The Morgan fingerprint density at radius 3 is 3.00 bits per heavy atom. The van der Waals surface area contributed by atoms with Gasteiger partial charge < -0.3 is 19.8 Å². The number of aliphatic hydroxyl groups is 2. The third-order valence-corrected chi connectivity index (χ3v) is 8.62. The maximum absolute atomic E-state index is 10.8. The first-order valence-corrected chi connectivity index (χ1v) is 12.2. The molecule has 0 unspecified atom stereocenters. The summed E-state index contributed by atoms with van der Waals surface area (Å²) in [5.74, 6) is 2.69. The number of ether oxygens (including phenoxy) is 1. The molecule has 1 aliphatic heterocycles. The maximum Gasteiger partial charge on any atom is 0.121 e. The van der Waals surface area contributed by atoms with Crippen molar-refractivity contribution in [1.82, 2.24) is 4.98 Å². The van der Waals surface area contributed by atoms with Gasteiger partial charge in [0.1, 0.15) is 5.75 Å². The second-order valence-electron chi connectivity index (χ2n) is 9.36. The van der Waals surface area contributed by atoms with Gasteiger partial charge in [-0.15, -0.1) is 11.3 Å². The summed E-state index contributed by atoms with van der Waals surface area (Å²) >= 11 is 1.67. The summed E-state index contributed by atoms with van der Waals surface area (Å²) in [4.78, 5) is 6.91. The minimum absolute atomic E-state index is 0.0197. The molecule has 5 rings (SSSR count). The lowest BCUT2D eigenvalue weighted by molar-refractivity contribution is 0.0740. The summed E-state index contributed by atoms with van der Waals surface area (Å²) in [6.45, 7) is 1.72. The zero-order valence-electron chi connectivity index (χ0n) is 17.7. The van der Waals surface area contributed by atoms with Gasteiger partial charge >= 0.3 is 0 Å². The van der Waals surface area contributed by atoms with Crippen LogP contribution in [0, 0.1) is 17.8 Å². The molecule has 5 nitrogen and oxygen atoms in total. The van der Waals surface area contributed by atoms with Gasteiger partial charge in [0.05, 0.1) is 30.0 Å². The van der Waals surface area contributed by atoms with E-state index in [4.69, 9.17) is 4.74 Å². The van der Waals surface area contributed by atoms with Crippen LogP contribution < -0.4 is 9.64 Å². The first kappa shape index (κ1) is 20.3. The van der Waals surface area contributed by atoms with E-state index in [9.17, 15) is 10.2 Å². The van der Waals surface area contributed by atoms with Crippen molar-refractivity contribution in [2.24, 2.45) is 17.8 Å². The molecule has 162 valence electrons. The van der Waals surface area contributed by atoms with E-state index < -0.39 is 0 Å². The molecule has 0 spiro atoms. The maximum atomic E-state index is 10.8. The lowest BCUT2D eigenvalue weighted by Crippen LogP contribution is -2.29. The molecule has 0 saturated heterocycles. The molecule has 30 heavy (non-hydrogen) atoms. The molecule has 5 atom stereocenters. The lowest BCUT2D eigenvalue weighted by atomic mass is 9.73. The van der Waals surface area contributed by atoms with Crippen molar-refractivity contribution >= 4 is 17.0 Å². The molecule has 6 heteroatoms. The predicted molar refractivity (Wildman–Crippen MR) is 119 cm³/mol. The molecule has 2 aliphatic carbocycles. The standard InChI is InChI=1S/C24H32N2O3S/c1-26-8-2-3-15-4-6-19(11-22(15)26)29-13-21-20-7-5-16(9-17(20)10-23(21)28)24-25-18(12-27)14-30-24/h4,6,11,14,16-17,20-21,23,27-28H,2-3,5,7-10,12-13H2,1H3/t16-,17-,20-,21+,23-/m0/s1. The summed E-state index contributed by atoms with van der Waals surface area (Å²) in [5.41, 5.74) is 3.47. The van der Waals surface area contributed by atoms with Crippen molar-refractivity contribution in [3.8, 4) is 5.75 Å². The largest absolute Gasteiger partial charge is 0.493 e. The smallest absolute Gasteiger partial charge is 0.121 e. The Morgan fingerprint density at radius 2 is 2.17 bits per heavy atom. The minimum atomic E-state index is -0.275. The fraction of sp³-hybridized carbons (Fsp3) is 0.625. The third kappa shape index (κ3) is 3.85. The number of hydrogen-bond acceptors (Lipinski definition) is 6. The van der Waals surface area contributed by atoms with E-state index >= 15 is 0 Å². The fourth-order valence-corrected chi connectivity index (χ4v) is 6.91. The molecule has 2 fully saturated rings. The summed E-state index contributed by atoms with van der Waals surface area (Å²) < 4.78 is 6.23. The summed E-state index contributed by atoms with van der Waals surface area (Å²) in [6.07, 6.45) is 6.30. The number of nitrogens with zero attached hydrogens (tertiary/aromatic N) is 2. The minimum Gasteiger partial charge on any atom is -0.493 e. The molecule has 3 aliphatic rings. The van der Waals surface area contributed by atoms with E-state index in [2.05, 4.69) is 35.1 Å². The first-order valence-electron chi connectivity index (χ1n) is 11.3. The van der Waals surface area contributed by atoms with Crippen LogP contribution in [0.1, 0.15) is 54.3 Å². The lowest BCUT2D eigenvalue weighted by Gasteiger charge is -2.33. The van der Waals surface area contributed by atoms with Crippen LogP contribution in [0.3, 0.4) is 0 Å². The Kier molecular flexibility index (Phi) is 5.73. The number of anilines is 1. The highest BCUT2D eigenvalue weighted by atomic mass is 32.1. The van der Waals surface area contributed by atoms with E-state index in [1.54, 1.807) is 11.3 Å². The zero-order valence-corrected chi connectivity index (χ0v) is 18.5. The Bertz CT molecular complexity index is 885.